The number of hydrogen-bond donors (Lipinski definition) is 2. The van der Waals surface area contributed by atoms with Crippen LogP contribution in [0.4, 0.5) is 5.69 Å². The summed E-state index contributed by atoms with van der Waals surface area (Å²) in [5.74, 6) is -0.125. The number of pyridine rings is 1. The molecule has 0 aliphatic heterocycles. The molecular weight excluding hydrogens is 330 g/mol. The predicted octanol–water partition coefficient (Wildman–Crippen LogP) is 3.59. The van der Waals surface area contributed by atoms with E-state index in [-0.39, 0.29) is 17.9 Å². The zero-order chi connectivity index (χ0) is 14.4. The maximum Gasteiger partial charge on any atom is 0.227 e. The molecule has 0 aliphatic rings. The number of rotatable bonds is 6. The monoisotopic (exact) mass is 347 g/mol. The fourth-order valence-electron chi connectivity index (χ4n) is 1.64. The lowest BCUT2D eigenvalue weighted by molar-refractivity contribution is -0.119. The van der Waals surface area contributed by atoms with Crippen molar-refractivity contribution in [3.8, 4) is 0 Å². The highest BCUT2D eigenvalue weighted by atomic mass is 79.9. The quantitative estimate of drug-likeness (QED) is 0.772. The van der Waals surface area contributed by atoms with E-state index in [1.807, 2.05) is 13.8 Å². The highest BCUT2D eigenvalue weighted by Gasteiger charge is 2.15. The molecule has 1 aromatic rings. The average Bonchev–Trinajstić information content (AvgIpc) is 2.33. The summed E-state index contributed by atoms with van der Waals surface area (Å²) in [6, 6.07) is 1.92. The lowest BCUT2D eigenvalue weighted by atomic mass is 10.0. The van der Waals surface area contributed by atoms with Crippen LogP contribution in [0.15, 0.2) is 16.7 Å². The van der Waals surface area contributed by atoms with Crippen LogP contribution in [0.3, 0.4) is 0 Å². The molecule has 1 heterocycles. The second-order valence-electron chi connectivity index (χ2n) is 4.79. The molecule has 2 unspecified atom stereocenters. The highest BCUT2D eigenvalue weighted by Crippen LogP contribution is 2.24. The van der Waals surface area contributed by atoms with Crippen LogP contribution in [0.2, 0.25) is 5.15 Å². The highest BCUT2D eigenvalue weighted by molar-refractivity contribution is 9.10. The molecule has 0 spiro atoms. The second-order valence-corrected chi connectivity index (χ2v) is 6.06. The number of halogens is 2. The number of anilines is 1. The van der Waals surface area contributed by atoms with Gasteiger partial charge in [0.05, 0.1) is 5.69 Å². The number of nitrogens with two attached hydrogens (primary N) is 1. The van der Waals surface area contributed by atoms with Gasteiger partial charge in [-0.3, -0.25) is 4.79 Å². The Morgan fingerprint density at radius 2 is 2.21 bits per heavy atom. The van der Waals surface area contributed by atoms with Gasteiger partial charge in [-0.15, -0.1) is 0 Å². The van der Waals surface area contributed by atoms with Crippen LogP contribution < -0.4 is 11.1 Å². The van der Waals surface area contributed by atoms with Crippen molar-refractivity contribution in [3.05, 3.63) is 21.9 Å². The second kappa shape index (κ2) is 7.82. The molecule has 2 atom stereocenters. The van der Waals surface area contributed by atoms with Crippen LogP contribution in [-0.2, 0) is 4.79 Å². The fourth-order valence-corrected chi connectivity index (χ4v) is 2.13. The van der Waals surface area contributed by atoms with Crippen molar-refractivity contribution in [1.29, 1.82) is 0 Å². The minimum Gasteiger partial charge on any atom is -0.328 e. The van der Waals surface area contributed by atoms with Crippen molar-refractivity contribution in [2.45, 2.75) is 39.2 Å². The van der Waals surface area contributed by atoms with E-state index in [2.05, 4.69) is 26.2 Å². The molecule has 0 bridgehead atoms. The first kappa shape index (κ1) is 16.4. The Labute approximate surface area is 127 Å². The fraction of sp³-hybridized carbons (Fsp3) is 0.538. The summed E-state index contributed by atoms with van der Waals surface area (Å²) in [6.07, 6.45) is 4.27. The minimum absolute atomic E-state index is 0.0496. The average molecular weight is 349 g/mol. The summed E-state index contributed by atoms with van der Waals surface area (Å²) in [5, 5.41) is 3.09. The topological polar surface area (TPSA) is 68.0 Å². The standard InChI is InChI=1S/C13H19BrClN3O/c1-8(4-3-5-9(2)16)13(19)18-11-6-10(14)7-17-12(11)15/h6-9H,3-5,16H2,1-2H3,(H,18,19). The van der Waals surface area contributed by atoms with Gasteiger partial charge in [-0.2, -0.15) is 0 Å². The maximum atomic E-state index is 12.0. The summed E-state index contributed by atoms with van der Waals surface area (Å²) in [7, 11) is 0. The van der Waals surface area contributed by atoms with Gasteiger partial charge < -0.3 is 11.1 Å². The van der Waals surface area contributed by atoms with E-state index in [4.69, 9.17) is 17.3 Å². The zero-order valence-corrected chi connectivity index (χ0v) is 13.5. The summed E-state index contributed by atoms with van der Waals surface area (Å²) >= 11 is 9.22. The molecule has 0 aliphatic carbocycles. The molecule has 4 nitrogen and oxygen atoms in total. The largest absolute Gasteiger partial charge is 0.328 e. The smallest absolute Gasteiger partial charge is 0.227 e. The summed E-state index contributed by atoms with van der Waals surface area (Å²) in [4.78, 5) is 16.0. The van der Waals surface area contributed by atoms with E-state index in [0.717, 1.165) is 23.7 Å². The Kier molecular flexibility index (Phi) is 6.75. The van der Waals surface area contributed by atoms with Crippen LogP contribution in [0.25, 0.3) is 0 Å². The molecular formula is C13H19BrClN3O. The number of amides is 1. The lowest BCUT2D eigenvalue weighted by Crippen LogP contribution is -2.21. The van der Waals surface area contributed by atoms with Crippen molar-refractivity contribution >= 4 is 39.1 Å². The van der Waals surface area contributed by atoms with Gasteiger partial charge in [0.1, 0.15) is 0 Å². The molecule has 0 saturated heterocycles. The van der Waals surface area contributed by atoms with E-state index >= 15 is 0 Å². The number of hydrogen-bond acceptors (Lipinski definition) is 3. The molecule has 1 aromatic heterocycles. The van der Waals surface area contributed by atoms with E-state index in [9.17, 15) is 4.79 Å². The van der Waals surface area contributed by atoms with Gasteiger partial charge in [0.2, 0.25) is 5.91 Å². The Balaban J connectivity index is 2.51. The van der Waals surface area contributed by atoms with Crippen LogP contribution in [0.1, 0.15) is 33.1 Å². The Morgan fingerprint density at radius 3 is 2.84 bits per heavy atom. The van der Waals surface area contributed by atoms with Crippen LogP contribution in [0.5, 0.6) is 0 Å². The van der Waals surface area contributed by atoms with Gasteiger partial charge in [0.25, 0.3) is 0 Å². The van der Waals surface area contributed by atoms with Crippen LogP contribution >= 0.6 is 27.5 Å². The van der Waals surface area contributed by atoms with Gasteiger partial charge in [0.15, 0.2) is 5.15 Å². The van der Waals surface area contributed by atoms with Crippen molar-refractivity contribution in [2.75, 3.05) is 5.32 Å². The van der Waals surface area contributed by atoms with Crippen LogP contribution in [-0.4, -0.2) is 16.9 Å². The van der Waals surface area contributed by atoms with Crippen molar-refractivity contribution in [1.82, 2.24) is 4.98 Å². The molecule has 0 saturated carbocycles. The SMILES string of the molecule is CC(N)CCCC(C)C(=O)Nc1cc(Br)cnc1Cl. The van der Waals surface area contributed by atoms with Crippen molar-refractivity contribution in [2.24, 2.45) is 11.7 Å². The first-order valence-corrected chi connectivity index (χ1v) is 7.44. The molecule has 1 rings (SSSR count). The van der Waals surface area contributed by atoms with E-state index in [1.54, 1.807) is 12.3 Å². The number of carbonyl (C=O) groups excluding carboxylic acids is 1. The Morgan fingerprint density at radius 1 is 1.53 bits per heavy atom. The number of carbonyl (C=O) groups is 1. The van der Waals surface area contributed by atoms with Crippen molar-refractivity contribution in [3.63, 3.8) is 0 Å². The lowest BCUT2D eigenvalue weighted by Gasteiger charge is -2.13. The van der Waals surface area contributed by atoms with Gasteiger partial charge in [-0.05, 0) is 41.8 Å². The molecule has 106 valence electrons. The third kappa shape index (κ3) is 5.89. The van der Waals surface area contributed by atoms with Gasteiger partial charge in [0, 0.05) is 22.6 Å². The normalized spacial score (nSPS) is 13.9. The first-order chi connectivity index (χ1) is 8.90. The summed E-state index contributed by atoms with van der Waals surface area (Å²) < 4.78 is 0.775. The molecule has 0 aromatic carbocycles. The molecule has 1 amide bonds. The van der Waals surface area contributed by atoms with E-state index in [1.165, 1.54) is 0 Å². The molecule has 0 radical (unpaired) electrons. The van der Waals surface area contributed by atoms with Gasteiger partial charge >= 0.3 is 0 Å². The van der Waals surface area contributed by atoms with Crippen molar-refractivity contribution < 1.29 is 4.79 Å². The molecule has 0 fully saturated rings. The first-order valence-electron chi connectivity index (χ1n) is 6.27. The number of aromatic nitrogens is 1. The predicted molar refractivity (Wildman–Crippen MR) is 82.2 cm³/mol. The Bertz CT molecular complexity index is 440. The van der Waals surface area contributed by atoms with E-state index in [0.29, 0.717) is 10.8 Å². The van der Waals surface area contributed by atoms with Gasteiger partial charge in [-0.25, -0.2) is 4.98 Å². The van der Waals surface area contributed by atoms with E-state index < -0.39 is 0 Å². The zero-order valence-electron chi connectivity index (χ0n) is 11.1. The molecule has 3 N–H and O–H groups in total. The maximum absolute atomic E-state index is 12.0. The van der Waals surface area contributed by atoms with Crippen LogP contribution in [0, 0.1) is 5.92 Å². The van der Waals surface area contributed by atoms with Gasteiger partial charge in [-0.1, -0.05) is 24.9 Å². The third-order valence-electron chi connectivity index (χ3n) is 2.81. The number of nitrogens with zero attached hydrogens (tertiary/aromatic N) is 1. The Hall–Kier alpha value is -0.650. The molecule has 19 heavy (non-hydrogen) atoms. The minimum atomic E-state index is -0.0752. The number of nitrogens with one attached hydrogen (secondary N) is 1. The molecule has 6 heteroatoms. The summed E-state index contributed by atoms with van der Waals surface area (Å²) in [6.45, 7) is 3.87. The third-order valence-corrected chi connectivity index (χ3v) is 3.54. The summed E-state index contributed by atoms with van der Waals surface area (Å²) in [5.41, 5.74) is 6.21.